The summed E-state index contributed by atoms with van der Waals surface area (Å²) in [4.78, 5) is 19.7. The molecule has 4 heteroatoms. The van der Waals surface area contributed by atoms with Crippen LogP contribution in [0.25, 0.3) is 0 Å². The smallest absolute Gasteiger partial charge is 0.179 e. The molecule has 0 atom stereocenters. The molecule has 0 aliphatic rings. The molecule has 2 rings (SSSR count). The lowest BCUT2D eigenvalue weighted by Gasteiger charge is -1.96. The Balaban J connectivity index is 2.14. The van der Waals surface area contributed by atoms with Gasteiger partial charge in [-0.25, -0.2) is 4.98 Å². The molecule has 0 aliphatic heterocycles. The van der Waals surface area contributed by atoms with Gasteiger partial charge in [0, 0.05) is 16.2 Å². The van der Waals surface area contributed by atoms with Crippen molar-refractivity contribution in [2.75, 3.05) is 0 Å². The zero-order valence-corrected chi connectivity index (χ0v) is 11.9. The largest absolute Gasteiger partial charge is 0.293 e. The lowest BCUT2D eigenvalue weighted by molar-refractivity contribution is 0.0997. The second kappa shape index (κ2) is 5.10. The minimum absolute atomic E-state index is 0.192. The molecule has 0 spiro atoms. The maximum absolute atomic E-state index is 12.1. The van der Waals surface area contributed by atoms with E-state index >= 15 is 0 Å². The summed E-state index contributed by atoms with van der Waals surface area (Å²) in [5.74, 6) is 0.192. The molecule has 0 fully saturated rings. The van der Waals surface area contributed by atoms with Crippen LogP contribution in [-0.2, 0) is 12.8 Å². The third kappa shape index (κ3) is 2.82. The quantitative estimate of drug-likeness (QED) is 0.787. The fourth-order valence-electron chi connectivity index (χ4n) is 1.74. The zero-order chi connectivity index (χ0) is 12.4. The second-order valence-electron chi connectivity index (χ2n) is 3.97. The number of aromatic nitrogens is 1. The van der Waals surface area contributed by atoms with Crippen LogP contribution in [0.2, 0.25) is 0 Å². The van der Waals surface area contributed by atoms with Gasteiger partial charge in [0.05, 0.1) is 15.6 Å². The van der Waals surface area contributed by atoms with Crippen LogP contribution >= 0.6 is 22.7 Å². The maximum atomic E-state index is 12.1. The van der Waals surface area contributed by atoms with Gasteiger partial charge in [0.2, 0.25) is 0 Å². The molecule has 0 N–H and O–H groups in total. The van der Waals surface area contributed by atoms with Crippen LogP contribution in [0.1, 0.15) is 37.1 Å². The molecule has 17 heavy (non-hydrogen) atoms. The maximum Gasteiger partial charge on any atom is 0.179 e. The number of aryl methyl sites for hydroxylation is 3. The molecule has 2 aromatic heterocycles. The Bertz CT molecular complexity index is 539. The normalized spacial score (nSPS) is 10.8. The number of hydrogen-bond donors (Lipinski definition) is 0. The first-order valence-electron chi connectivity index (χ1n) is 5.65. The lowest BCUT2D eigenvalue weighted by atomic mass is 10.2. The van der Waals surface area contributed by atoms with E-state index in [1.807, 2.05) is 13.8 Å². The predicted octanol–water partition coefficient (Wildman–Crippen LogP) is 3.81. The minimum Gasteiger partial charge on any atom is -0.293 e. The van der Waals surface area contributed by atoms with E-state index in [0.717, 1.165) is 26.9 Å². The summed E-state index contributed by atoms with van der Waals surface area (Å²) in [5, 5.41) is 0.964. The summed E-state index contributed by atoms with van der Waals surface area (Å²) in [6.45, 7) is 5.98. The van der Waals surface area contributed by atoms with Gasteiger partial charge in [-0.05, 0) is 32.4 Å². The van der Waals surface area contributed by atoms with Crippen molar-refractivity contribution in [3.8, 4) is 0 Å². The van der Waals surface area contributed by atoms with Gasteiger partial charge in [-0.2, -0.15) is 0 Å². The highest BCUT2D eigenvalue weighted by Gasteiger charge is 2.15. The first-order chi connectivity index (χ1) is 8.10. The molecule has 0 saturated carbocycles. The molecule has 90 valence electrons. The molecule has 0 unspecified atom stereocenters. The number of ketones is 1. The summed E-state index contributed by atoms with van der Waals surface area (Å²) >= 11 is 3.23. The van der Waals surface area contributed by atoms with Crippen molar-refractivity contribution < 1.29 is 4.79 Å². The van der Waals surface area contributed by atoms with E-state index in [1.54, 1.807) is 11.3 Å². The average molecular weight is 265 g/mol. The van der Waals surface area contributed by atoms with Crippen LogP contribution < -0.4 is 0 Å². The van der Waals surface area contributed by atoms with Crippen LogP contribution in [0.5, 0.6) is 0 Å². The lowest BCUT2D eigenvalue weighted by Crippen LogP contribution is -2.01. The number of carbonyl (C=O) groups excluding carboxylic acids is 1. The van der Waals surface area contributed by atoms with Crippen LogP contribution in [0.15, 0.2) is 12.1 Å². The number of thiophene rings is 1. The SMILES string of the molecule is CCc1ccc(CC(=O)c2sc(C)nc2C)s1. The molecule has 0 radical (unpaired) electrons. The Kier molecular flexibility index (Phi) is 3.74. The van der Waals surface area contributed by atoms with E-state index in [1.165, 1.54) is 16.2 Å². The summed E-state index contributed by atoms with van der Waals surface area (Å²) in [5.41, 5.74) is 0.866. The molecule has 0 bridgehead atoms. The summed E-state index contributed by atoms with van der Waals surface area (Å²) < 4.78 is 0. The first kappa shape index (κ1) is 12.5. The Hall–Kier alpha value is -1.00. The van der Waals surface area contributed by atoms with Crippen molar-refractivity contribution in [3.05, 3.63) is 37.5 Å². The minimum atomic E-state index is 0.192. The van der Waals surface area contributed by atoms with Crippen LogP contribution in [0, 0.1) is 13.8 Å². The fourth-order valence-corrected chi connectivity index (χ4v) is 3.55. The highest BCUT2D eigenvalue weighted by Crippen LogP contribution is 2.22. The van der Waals surface area contributed by atoms with Gasteiger partial charge in [0.15, 0.2) is 5.78 Å². The molecule has 0 amide bonds. The van der Waals surface area contributed by atoms with Gasteiger partial charge in [-0.15, -0.1) is 22.7 Å². The van der Waals surface area contributed by atoms with E-state index in [0.29, 0.717) is 6.42 Å². The highest BCUT2D eigenvalue weighted by atomic mass is 32.1. The Morgan fingerprint density at radius 3 is 2.47 bits per heavy atom. The van der Waals surface area contributed by atoms with Crippen molar-refractivity contribution in [1.82, 2.24) is 4.98 Å². The van der Waals surface area contributed by atoms with Gasteiger partial charge in [0.1, 0.15) is 0 Å². The number of Topliss-reactive ketones (excluding diaryl/α,β-unsaturated/α-hetero) is 1. The van der Waals surface area contributed by atoms with E-state index in [2.05, 4.69) is 24.0 Å². The van der Waals surface area contributed by atoms with Crippen molar-refractivity contribution in [2.45, 2.75) is 33.6 Å². The fraction of sp³-hybridized carbons (Fsp3) is 0.385. The average Bonchev–Trinajstić information content (AvgIpc) is 2.85. The molecular weight excluding hydrogens is 250 g/mol. The molecule has 0 aromatic carbocycles. The molecule has 0 saturated heterocycles. The van der Waals surface area contributed by atoms with Gasteiger partial charge in [-0.1, -0.05) is 6.92 Å². The topological polar surface area (TPSA) is 30.0 Å². The number of hydrogen-bond acceptors (Lipinski definition) is 4. The Labute approximate surface area is 109 Å². The number of thiazole rings is 1. The van der Waals surface area contributed by atoms with Crippen molar-refractivity contribution in [1.29, 1.82) is 0 Å². The highest BCUT2D eigenvalue weighted by molar-refractivity contribution is 7.14. The van der Waals surface area contributed by atoms with E-state index in [4.69, 9.17) is 0 Å². The van der Waals surface area contributed by atoms with Crippen LogP contribution in [-0.4, -0.2) is 10.8 Å². The predicted molar refractivity (Wildman–Crippen MR) is 73.3 cm³/mol. The first-order valence-corrected chi connectivity index (χ1v) is 7.28. The number of rotatable bonds is 4. The molecule has 2 aromatic rings. The summed E-state index contributed by atoms with van der Waals surface area (Å²) in [6.07, 6.45) is 1.55. The van der Waals surface area contributed by atoms with Gasteiger partial charge in [0.25, 0.3) is 0 Å². The van der Waals surface area contributed by atoms with Gasteiger partial charge in [-0.3, -0.25) is 4.79 Å². The van der Waals surface area contributed by atoms with Crippen molar-refractivity contribution >= 4 is 28.5 Å². The monoisotopic (exact) mass is 265 g/mol. The number of nitrogens with zero attached hydrogens (tertiary/aromatic N) is 1. The second-order valence-corrected chi connectivity index (χ2v) is 6.43. The zero-order valence-electron chi connectivity index (χ0n) is 10.2. The Morgan fingerprint density at radius 1 is 1.24 bits per heavy atom. The third-order valence-corrected chi connectivity index (χ3v) is 4.90. The summed E-state index contributed by atoms with van der Waals surface area (Å²) in [7, 11) is 0. The van der Waals surface area contributed by atoms with Crippen molar-refractivity contribution in [3.63, 3.8) is 0 Å². The van der Waals surface area contributed by atoms with Crippen molar-refractivity contribution in [2.24, 2.45) is 0 Å². The van der Waals surface area contributed by atoms with Gasteiger partial charge < -0.3 is 0 Å². The van der Waals surface area contributed by atoms with Crippen LogP contribution in [0.4, 0.5) is 0 Å². The summed E-state index contributed by atoms with van der Waals surface area (Å²) in [6, 6.07) is 4.17. The Morgan fingerprint density at radius 2 is 1.94 bits per heavy atom. The molecule has 0 aliphatic carbocycles. The number of carbonyl (C=O) groups is 1. The van der Waals surface area contributed by atoms with E-state index in [-0.39, 0.29) is 5.78 Å². The van der Waals surface area contributed by atoms with E-state index in [9.17, 15) is 4.79 Å². The standard InChI is InChI=1S/C13H15NOS2/c1-4-10-5-6-11(17-10)7-12(15)13-8(2)14-9(3)16-13/h5-6H,4,7H2,1-3H3. The molecule has 2 nitrogen and oxygen atoms in total. The third-order valence-electron chi connectivity index (χ3n) is 2.56. The van der Waals surface area contributed by atoms with Gasteiger partial charge >= 0.3 is 0 Å². The molecular formula is C13H15NOS2. The van der Waals surface area contributed by atoms with E-state index < -0.39 is 0 Å². The molecule has 2 heterocycles. The van der Waals surface area contributed by atoms with Crippen LogP contribution in [0.3, 0.4) is 0 Å².